The standard InChI is InChI=1S/C24H31N5/c1-27-14-16-29(17-15-27)24(10-11-24)19-8-6-18(7-9-19)22-20-4-2-5-21(20)25-23(26-22)28-12-3-13-28/h6-9H,2-5,10-17H2,1H3. The van der Waals surface area contributed by atoms with E-state index in [9.17, 15) is 0 Å². The molecule has 4 aliphatic rings. The largest absolute Gasteiger partial charge is 0.341 e. The van der Waals surface area contributed by atoms with Crippen molar-refractivity contribution in [3.05, 3.63) is 41.1 Å². The highest BCUT2D eigenvalue weighted by atomic mass is 15.3. The third-order valence-electron chi connectivity index (χ3n) is 7.59. The van der Waals surface area contributed by atoms with E-state index >= 15 is 0 Å². The molecule has 2 aromatic rings. The fourth-order valence-electron chi connectivity index (χ4n) is 5.39. The lowest BCUT2D eigenvalue weighted by Gasteiger charge is -2.38. The molecule has 3 fully saturated rings. The first kappa shape index (κ1) is 17.8. The molecule has 0 bridgehead atoms. The molecule has 5 heteroatoms. The van der Waals surface area contributed by atoms with Crippen molar-refractivity contribution < 1.29 is 0 Å². The Balaban J connectivity index is 1.31. The minimum absolute atomic E-state index is 0.302. The summed E-state index contributed by atoms with van der Waals surface area (Å²) in [5.74, 6) is 0.951. The number of anilines is 1. The molecule has 152 valence electrons. The van der Waals surface area contributed by atoms with E-state index in [0.717, 1.165) is 31.9 Å². The molecule has 0 unspecified atom stereocenters. The number of aromatic nitrogens is 2. The van der Waals surface area contributed by atoms with Gasteiger partial charge in [0.15, 0.2) is 0 Å². The average molecular weight is 390 g/mol. The first-order valence-electron chi connectivity index (χ1n) is 11.4. The summed E-state index contributed by atoms with van der Waals surface area (Å²) in [4.78, 5) is 17.4. The smallest absolute Gasteiger partial charge is 0.226 e. The van der Waals surface area contributed by atoms with Crippen molar-refractivity contribution in [2.24, 2.45) is 0 Å². The molecule has 5 nitrogen and oxygen atoms in total. The summed E-state index contributed by atoms with van der Waals surface area (Å²) in [6.07, 6.45) is 7.31. The Morgan fingerprint density at radius 3 is 2.24 bits per heavy atom. The Labute approximate surface area is 173 Å². The van der Waals surface area contributed by atoms with Crippen LogP contribution in [-0.4, -0.2) is 66.1 Å². The fourth-order valence-corrected chi connectivity index (χ4v) is 5.39. The molecule has 1 aromatic carbocycles. The first-order valence-corrected chi connectivity index (χ1v) is 11.4. The molecule has 6 rings (SSSR count). The predicted octanol–water partition coefficient (Wildman–Crippen LogP) is 3.08. The summed E-state index contributed by atoms with van der Waals surface area (Å²) in [5.41, 5.74) is 6.94. The molecular weight excluding hydrogens is 358 g/mol. The Kier molecular flexibility index (Phi) is 4.17. The molecule has 3 heterocycles. The lowest BCUT2D eigenvalue weighted by Crippen LogP contribution is -2.49. The Hall–Kier alpha value is -1.98. The van der Waals surface area contributed by atoms with Gasteiger partial charge in [0.25, 0.3) is 0 Å². The number of piperazine rings is 1. The summed E-state index contributed by atoms with van der Waals surface area (Å²) < 4.78 is 0. The number of rotatable bonds is 4. The van der Waals surface area contributed by atoms with Gasteiger partial charge < -0.3 is 9.80 Å². The minimum Gasteiger partial charge on any atom is -0.341 e. The van der Waals surface area contributed by atoms with Gasteiger partial charge in [-0.15, -0.1) is 0 Å². The van der Waals surface area contributed by atoms with Crippen LogP contribution < -0.4 is 4.90 Å². The first-order chi connectivity index (χ1) is 14.2. The van der Waals surface area contributed by atoms with E-state index in [1.165, 1.54) is 79.9 Å². The second-order valence-corrected chi connectivity index (χ2v) is 9.39. The highest BCUT2D eigenvalue weighted by Crippen LogP contribution is 2.51. The predicted molar refractivity (Wildman–Crippen MR) is 116 cm³/mol. The highest BCUT2D eigenvalue weighted by molar-refractivity contribution is 5.67. The molecule has 1 saturated carbocycles. The number of nitrogens with zero attached hydrogens (tertiary/aromatic N) is 5. The van der Waals surface area contributed by atoms with Gasteiger partial charge in [-0.2, -0.15) is 0 Å². The lowest BCUT2D eigenvalue weighted by molar-refractivity contribution is 0.0976. The third-order valence-corrected chi connectivity index (χ3v) is 7.59. The maximum Gasteiger partial charge on any atom is 0.226 e. The number of aryl methyl sites for hydroxylation is 1. The third kappa shape index (κ3) is 2.98. The summed E-state index contributed by atoms with van der Waals surface area (Å²) in [6, 6.07) is 9.42. The SMILES string of the molecule is CN1CCN(C2(c3ccc(-c4nc(N5CCC5)nc5c4CCC5)cc3)CC2)CC1. The van der Waals surface area contributed by atoms with Gasteiger partial charge in [-0.25, -0.2) is 9.97 Å². The molecular formula is C24H31N5. The Morgan fingerprint density at radius 2 is 1.59 bits per heavy atom. The van der Waals surface area contributed by atoms with E-state index in [1.54, 1.807) is 0 Å². The topological polar surface area (TPSA) is 35.5 Å². The molecule has 0 atom stereocenters. The second kappa shape index (κ2) is 6.78. The van der Waals surface area contributed by atoms with Crippen LogP contribution in [0.15, 0.2) is 24.3 Å². The van der Waals surface area contributed by atoms with E-state index < -0.39 is 0 Å². The maximum atomic E-state index is 5.04. The van der Waals surface area contributed by atoms with Crippen molar-refractivity contribution in [3.8, 4) is 11.3 Å². The van der Waals surface area contributed by atoms with E-state index in [1.807, 2.05) is 0 Å². The quantitative estimate of drug-likeness (QED) is 0.803. The zero-order valence-electron chi connectivity index (χ0n) is 17.5. The summed E-state index contributed by atoms with van der Waals surface area (Å²) in [7, 11) is 2.24. The van der Waals surface area contributed by atoms with Gasteiger partial charge in [-0.05, 0) is 51.1 Å². The van der Waals surface area contributed by atoms with Crippen molar-refractivity contribution in [2.75, 3.05) is 51.2 Å². The lowest BCUT2D eigenvalue weighted by atomic mass is 9.98. The van der Waals surface area contributed by atoms with Crippen LogP contribution >= 0.6 is 0 Å². The van der Waals surface area contributed by atoms with Crippen molar-refractivity contribution in [1.29, 1.82) is 0 Å². The second-order valence-electron chi connectivity index (χ2n) is 9.39. The summed E-state index contributed by atoms with van der Waals surface area (Å²) in [5, 5.41) is 0. The minimum atomic E-state index is 0.302. The number of fused-ring (bicyclic) bond motifs is 1. The zero-order valence-corrected chi connectivity index (χ0v) is 17.5. The van der Waals surface area contributed by atoms with Crippen LogP contribution in [0.5, 0.6) is 0 Å². The van der Waals surface area contributed by atoms with Gasteiger partial charge in [0, 0.05) is 61.6 Å². The van der Waals surface area contributed by atoms with Crippen LogP contribution in [0.3, 0.4) is 0 Å². The van der Waals surface area contributed by atoms with E-state index in [0.29, 0.717) is 5.54 Å². The van der Waals surface area contributed by atoms with Crippen LogP contribution in [0.25, 0.3) is 11.3 Å². The molecule has 2 aliphatic carbocycles. The van der Waals surface area contributed by atoms with Crippen LogP contribution in [0.4, 0.5) is 5.95 Å². The van der Waals surface area contributed by atoms with Gasteiger partial charge >= 0.3 is 0 Å². The van der Waals surface area contributed by atoms with Gasteiger partial charge in [-0.1, -0.05) is 24.3 Å². The van der Waals surface area contributed by atoms with Gasteiger partial charge in [0.1, 0.15) is 0 Å². The monoisotopic (exact) mass is 389 g/mol. The molecule has 0 N–H and O–H groups in total. The zero-order chi connectivity index (χ0) is 19.4. The number of benzene rings is 1. The number of likely N-dealkylation sites (N-methyl/N-ethyl adjacent to an activating group) is 1. The van der Waals surface area contributed by atoms with Crippen LogP contribution in [-0.2, 0) is 18.4 Å². The maximum absolute atomic E-state index is 5.04. The molecule has 2 aliphatic heterocycles. The summed E-state index contributed by atoms with van der Waals surface area (Å²) >= 11 is 0. The molecule has 1 aromatic heterocycles. The molecule has 29 heavy (non-hydrogen) atoms. The molecule has 0 amide bonds. The fraction of sp³-hybridized carbons (Fsp3) is 0.583. The van der Waals surface area contributed by atoms with Crippen LogP contribution in [0, 0.1) is 0 Å². The van der Waals surface area contributed by atoms with Gasteiger partial charge in [-0.3, -0.25) is 4.90 Å². The van der Waals surface area contributed by atoms with Crippen LogP contribution in [0.1, 0.15) is 42.5 Å². The van der Waals surface area contributed by atoms with Gasteiger partial charge in [0.05, 0.1) is 5.69 Å². The molecule has 0 spiro atoms. The molecule has 0 radical (unpaired) electrons. The number of hydrogen-bond donors (Lipinski definition) is 0. The Morgan fingerprint density at radius 1 is 0.828 bits per heavy atom. The van der Waals surface area contributed by atoms with Crippen LogP contribution in [0.2, 0.25) is 0 Å². The van der Waals surface area contributed by atoms with Gasteiger partial charge in [0.2, 0.25) is 5.95 Å². The van der Waals surface area contributed by atoms with Crippen molar-refractivity contribution in [1.82, 2.24) is 19.8 Å². The highest BCUT2D eigenvalue weighted by Gasteiger charge is 2.49. The summed E-state index contributed by atoms with van der Waals surface area (Å²) in [6.45, 7) is 6.96. The van der Waals surface area contributed by atoms with Crippen molar-refractivity contribution >= 4 is 5.95 Å². The normalized spacial score (nSPS) is 23.7. The molecule has 2 saturated heterocycles. The van der Waals surface area contributed by atoms with E-state index in [4.69, 9.17) is 9.97 Å². The van der Waals surface area contributed by atoms with E-state index in [-0.39, 0.29) is 0 Å². The number of hydrogen-bond acceptors (Lipinski definition) is 5. The Bertz CT molecular complexity index is 906. The van der Waals surface area contributed by atoms with Crippen molar-refractivity contribution in [3.63, 3.8) is 0 Å². The van der Waals surface area contributed by atoms with Crippen molar-refractivity contribution in [2.45, 2.75) is 44.1 Å². The average Bonchev–Trinajstić information content (AvgIpc) is 3.37. The van der Waals surface area contributed by atoms with E-state index in [2.05, 4.69) is 46.0 Å².